The number of hydrogen-bond donors (Lipinski definition) is 1. The van der Waals surface area contributed by atoms with E-state index in [-0.39, 0.29) is 25.8 Å². The van der Waals surface area contributed by atoms with Gasteiger partial charge >= 0.3 is 5.97 Å². The monoisotopic (exact) mass is 369 g/mol. The number of halogens is 3. The Morgan fingerprint density at radius 2 is 2.10 bits per heavy atom. The molecular formula is C12H14BrClFNO4. The van der Waals surface area contributed by atoms with Crippen molar-refractivity contribution >= 4 is 34.3 Å². The van der Waals surface area contributed by atoms with E-state index in [4.69, 9.17) is 15.2 Å². The minimum absolute atomic E-state index is 0. The van der Waals surface area contributed by atoms with Gasteiger partial charge in [-0.05, 0) is 24.6 Å². The van der Waals surface area contributed by atoms with Gasteiger partial charge in [-0.3, -0.25) is 0 Å². The van der Waals surface area contributed by atoms with Gasteiger partial charge in [0.15, 0.2) is 11.5 Å². The maximum Gasteiger partial charge on any atom is 0.342 e. The Labute approximate surface area is 130 Å². The summed E-state index contributed by atoms with van der Waals surface area (Å²) in [6, 6.07) is 2.06. The molecule has 5 nitrogen and oxygen atoms in total. The number of alkyl halides is 1. The lowest BCUT2D eigenvalue weighted by Crippen LogP contribution is -2.31. The first-order valence-electron chi connectivity index (χ1n) is 5.70. The third-order valence-corrected chi connectivity index (χ3v) is 3.36. The van der Waals surface area contributed by atoms with Gasteiger partial charge in [0.1, 0.15) is 0 Å². The summed E-state index contributed by atoms with van der Waals surface area (Å²) in [4.78, 5) is 11.4. The lowest BCUT2D eigenvalue weighted by Gasteiger charge is -2.17. The first kappa shape index (κ1) is 17.0. The van der Waals surface area contributed by atoms with Crippen molar-refractivity contribution in [2.75, 3.05) is 13.4 Å². The fourth-order valence-electron chi connectivity index (χ4n) is 1.71. The van der Waals surface area contributed by atoms with E-state index in [1.54, 1.807) is 19.1 Å². The van der Waals surface area contributed by atoms with E-state index >= 15 is 0 Å². The number of esters is 1. The highest BCUT2D eigenvalue weighted by molar-refractivity contribution is 9.10. The average molecular weight is 371 g/mol. The second-order valence-corrected chi connectivity index (χ2v) is 4.76. The standard InChI is InChI=1S/C12H13BrFNO4.ClH/c1-2-17-12(16)10(14)11(15)6-3-8-9(4-7(6)13)19-5-18-8;/h3-4,10-11H,2,5,15H2,1H3;1H/t10?,11-;/m0./s1. The van der Waals surface area contributed by atoms with Crippen LogP contribution in [0.5, 0.6) is 11.5 Å². The number of hydrogen-bond acceptors (Lipinski definition) is 5. The van der Waals surface area contributed by atoms with Crippen LogP contribution in [0.1, 0.15) is 18.5 Å². The van der Waals surface area contributed by atoms with Crippen molar-refractivity contribution in [1.82, 2.24) is 0 Å². The highest BCUT2D eigenvalue weighted by atomic mass is 79.9. The van der Waals surface area contributed by atoms with Crippen LogP contribution < -0.4 is 15.2 Å². The third kappa shape index (κ3) is 3.34. The normalized spacial score (nSPS) is 15.2. The molecule has 2 N–H and O–H groups in total. The first-order chi connectivity index (χ1) is 9.04. The second-order valence-electron chi connectivity index (χ2n) is 3.91. The van der Waals surface area contributed by atoms with E-state index in [2.05, 4.69) is 20.7 Å². The summed E-state index contributed by atoms with van der Waals surface area (Å²) in [6.45, 7) is 1.82. The minimum atomic E-state index is -1.93. The zero-order valence-corrected chi connectivity index (χ0v) is 13.0. The van der Waals surface area contributed by atoms with E-state index in [0.29, 0.717) is 21.5 Å². The molecule has 1 aliphatic heterocycles. The molecular weight excluding hydrogens is 356 g/mol. The molecule has 1 heterocycles. The molecule has 112 valence electrons. The summed E-state index contributed by atoms with van der Waals surface area (Å²) in [5, 5.41) is 0. The number of nitrogens with two attached hydrogens (primary N) is 1. The van der Waals surface area contributed by atoms with E-state index in [1.807, 2.05) is 0 Å². The van der Waals surface area contributed by atoms with Crippen LogP contribution in [0, 0.1) is 0 Å². The Balaban J connectivity index is 0.00000200. The van der Waals surface area contributed by atoms with Crippen molar-refractivity contribution < 1.29 is 23.4 Å². The molecule has 0 amide bonds. The van der Waals surface area contributed by atoms with Crippen molar-refractivity contribution in [3.8, 4) is 11.5 Å². The number of carbonyl (C=O) groups is 1. The highest BCUT2D eigenvalue weighted by Gasteiger charge is 2.30. The fraction of sp³-hybridized carbons (Fsp3) is 0.417. The molecule has 1 aromatic carbocycles. The van der Waals surface area contributed by atoms with Crippen LogP contribution in [0.3, 0.4) is 0 Å². The van der Waals surface area contributed by atoms with Crippen LogP contribution in [-0.2, 0) is 9.53 Å². The van der Waals surface area contributed by atoms with Crippen LogP contribution in [0.4, 0.5) is 4.39 Å². The van der Waals surface area contributed by atoms with Crippen LogP contribution in [0.15, 0.2) is 16.6 Å². The highest BCUT2D eigenvalue weighted by Crippen LogP contribution is 2.39. The predicted octanol–water partition coefficient (Wildman–Crippen LogP) is 2.50. The number of rotatable bonds is 4. The van der Waals surface area contributed by atoms with Crippen molar-refractivity contribution in [2.45, 2.75) is 19.1 Å². The van der Waals surface area contributed by atoms with Gasteiger partial charge in [-0.1, -0.05) is 15.9 Å². The summed E-state index contributed by atoms with van der Waals surface area (Å²) in [6.07, 6.45) is -1.93. The summed E-state index contributed by atoms with van der Waals surface area (Å²) >= 11 is 3.27. The average Bonchev–Trinajstić information content (AvgIpc) is 2.83. The molecule has 0 saturated heterocycles. The molecule has 0 aromatic heterocycles. The molecule has 1 aliphatic rings. The van der Waals surface area contributed by atoms with Gasteiger partial charge in [0.25, 0.3) is 0 Å². The fourth-order valence-corrected chi connectivity index (χ4v) is 2.30. The second kappa shape index (κ2) is 7.10. The minimum Gasteiger partial charge on any atom is -0.464 e. The zero-order valence-electron chi connectivity index (χ0n) is 10.6. The van der Waals surface area contributed by atoms with E-state index < -0.39 is 18.2 Å². The molecule has 0 spiro atoms. The lowest BCUT2D eigenvalue weighted by molar-refractivity contribution is -0.149. The van der Waals surface area contributed by atoms with Crippen molar-refractivity contribution in [2.24, 2.45) is 5.73 Å². The Morgan fingerprint density at radius 3 is 2.70 bits per heavy atom. The molecule has 20 heavy (non-hydrogen) atoms. The first-order valence-corrected chi connectivity index (χ1v) is 6.49. The summed E-state index contributed by atoms with van der Waals surface area (Å²) in [7, 11) is 0. The van der Waals surface area contributed by atoms with Crippen molar-refractivity contribution in [3.05, 3.63) is 22.2 Å². The van der Waals surface area contributed by atoms with Gasteiger partial charge in [-0.15, -0.1) is 12.4 Å². The summed E-state index contributed by atoms with van der Waals surface area (Å²) < 4.78 is 29.4. The number of benzene rings is 1. The molecule has 0 radical (unpaired) electrons. The van der Waals surface area contributed by atoms with E-state index in [1.165, 1.54) is 0 Å². The molecule has 8 heteroatoms. The Hall–Kier alpha value is -1.05. The SMILES string of the molecule is CCOC(=O)C(F)[C@@H](N)c1cc2c(cc1Br)OCO2.Cl. The summed E-state index contributed by atoms with van der Waals surface area (Å²) in [5.41, 5.74) is 6.18. The molecule has 0 bridgehead atoms. The van der Waals surface area contributed by atoms with Crippen LogP contribution in [-0.4, -0.2) is 25.5 Å². The molecule has 2 atom stereocenters. The topological polar surface area (TPSA) is 70.8 Å². The van der Waals surface area contributed by atoms with Crippen LogP contribution >= 0.6 is 28.3 Å². The van der Waals surface area contributed by atoms with E-state index in [9.17, 15) is 9.18 Å². The van der Waals surface area contributed by atoms with Gasteiger partial charge in [0.05, 0.1) is 12.6 Å². The van der Waals surface area contributed by atoms with Crippen molar-refractivity contribution in [3.63, 3.8) is 0 Å². The predicted molar refractivity (Wildman–Crippen MR) is 76.0 cm³/mol. The Morgan fingerprint density at radius 1 is 1.50 bits per heavy atom. The number of fused-ring (bicyclic) bond motifs is 1. The van der Waals surface area contributed by atoms with Gasteiger partial charge < -0.3 is 19.9 Å². The molecule has 1 aromatic rings. The molecule has 0 saturated carbocycles. The van der Waals surface area contributed by atoms with Crippen molar-refractivity contribution in [1.29, 1.82) is 0 Å². The largest absolute Gasteiger partial charge is 0.464 e. The zero-order chi connectivity index (χ0) is 14.0. The quantitative estimate of drug-likeness (QED) is 0.825. The maximum atomic E-state index is 13.9. The molecule has 1 unspecified atom stereocenters. The third-order valence-electron chi connectivity index (χ3n) is 2.68. The van der Waals surface area contributed by atoms with Gasteiger partial charge in [-0.2, -0.15) is 0 Å². The van der Waals surface area contributed by atoms with Gasteiger partial charge in [0, 0.05) is 4.47 Å². The lowest BCUT2D eigenvalue weighted by atomic mass is 10.0. The van der Waals surface area contributed by atoms with E-state index in [0.717, 1.165) is 0 Å². The number of ether oxygens (including phenoxy) is 3. The Bertz CT molecular complexity index is 503. The van der Waals surface area contributed by atoms with Crippen LogP contribution in [0.25, 0.3) is 0 Å². The van der Waals surface area contributed by atoms with Crippen LogP contribution in [0.2, 0.25) is 0 Å². The smallest absolute Gasteiger partial charge is 0.342 e. The summed E-state index contributed by atoms with van der Waals surface area (Å²) in [5.74, 6) is 0.0543. The van der Waals surface area contributed by atoms with Gasteiger partial charge in [-0.25, -0.2) is 9.18 Å². The maximum absolute atomic E-state index is 13.9. The number of carbonyl (C=O) groups excluding carboxylic acids is 1. The Kier molecular flexibility index (Phi) is 6.04. The molecule has 2 rings (SSSR count). The molecule has 0 aliphatic carbocycles. The van der Waals surface area contributed by atoms with Gasteiger partial charge in [0.2, 0.25) is 13.0 Å². The molecule has 0 fully saturated rings.